The molecule has 1 saturated heterocycles. The standard InChI is InChI=1S/C14H18BrF3N2/c15-11-1-2-12(14(16,17)18)13(9-11)20-7-4-10(3-6-19)5-8-20/h1-2,9-10H,3-8,19H2. The van der Waals surface area contributed by atoms with Crippen LogP contribution in [-0.4, -0.2) is 19.6 Å². The van der Waals surface area contributed by atoms with E-state index in [0.717, 1.165) is 25.3 Å². The number of nitrogens with zero attached hydrogens (tertiary/aromatic N) is 1. The average Bonchev–Trinajstić information content (AvgIpc) is 2.38. The summed E-state index contributed by atoms with van der Waals surface area (Å²) in [5.41, 5.74) is 5.26. The highest BCUT2D eigenvalue weighted by Gasteiger charge is 2.35. The van der Waals surface area contributed by atoms with Gasteiger partial charge in [0.25, 0.3) is 0 Å². The number of benzene rings is 1. The molecule has 0 amide bonds. The molecular formula is C14H18BrF3N2. The first kappa shape index (κ1) is 15.6. The topological polar surface area (TPSA) is 29.3 Å². The lowest BCUT2D eigenvalue weighted by Gasteiger charge is -2.35. The van der Waals surface area contributed by atoms with Crippen molar-refractivity contribution in [3.8, 4) is 0 Å². The Balaban J connectivity index is 2.19. The maximum absolute atomic E-state index is 13.1. The zero-order chi connectivity index (χ0) is 14.8. The lowest BCUT2D eigenvalue weighted by molar-refractivity contribution is -0.137. The molecule has 0 aromatic heterocycles. The quantitative estimate of drug-likeness (QED) is 0.891. The molecule has 20 heavy (non-hydrogen) atoms. The van der Waals surface area contributed by atoms with Crippen molar-refractivity contribution in [2.24, 2.45) is 11.7 Å². The van der Waals surface area contributed by atoms with E-state index in [1.54, 1.807) is 6.07 Å². The van der Waals surface area contributed by atoms with Gasteiger partial charge in [0.05, 0.1) is 11.3 Å². The van der Waals surface area contributed by atoms with Gasteiger partial charge >= 0.3 is 6.18 Å². The van der Waals surface area contributed by atoms with Crippen LogP contribution in [0.15, 0.2) is 22.7 Å². The van der Waals surface area contributed by atoms with Gasteiger partial charge in [0.15, 0.2) is 0 Å². The fourth-order valence-corrected chi connectivity index (χ4v) is 3.05. The van der Waals surface area contributed by atoms with E-state index < -0.39 is 11.7 Å². The maximum Gasteiger partial charge on any atom is 0.418 e. The smallest absolute Gasteiger partial charge is 0.371 e. The summed E-state index contributed by atoms with van der Waals surface area (Å²) in [6.45, 7) is 1.96. The second-order valence-electron chi connectivity index (χ2n) is 5.17. The molecule has 112 valence electrons. The molecule has 0 spiro atoms. The normalized spacial score (nSPS) is 17.6. The van der Waals surface area contributed by atoms with Crippen LogP contribution in [0.25, 0.3) is 0 Å². The number of halogens is 4. The van der Waals surface area contributed by atoms with Crippen molar-refractivity contribution in [3.63, 3.8) is 0 Å². The van der Waals surface area contributed by atoms with Gasteiger partial charge in [0, 0.05) is 17.6 Å². The van der Waals surface area contributed by atoms with Crippen LogP contribution < -0.4 is 10.6 Å². The van der Waals surface area contributed by atoms with Crippen molar-refractivity contribution in [3.05, 3.63) is 28.2 Å². The molecule has 0 aliphatic carbocycles. The van der Waals surface area contributed by atoms with Gasteiger partial charge in [-0.2, -0.15) is 13.2 Å². The summed E-state index contributed by atoms with van der Waals surface area (Å²) in [6.07, 6.45) is -1.55. The number of nitrogens with two attached hydrogens (primary N) is 1. The zero-order valence-corrected chi connectivity index (χ0v) is 12.7. The predicted octanol–water partition coefficient (Wildman–Crippen LogP) is 4.03. The molecule has 1 aliphatic heterocycles. The first-order valence-corrected chi connectivity index (χ1v) is 7.53. The number of alkyl halides is 3. The Bertz CT molecular complexity index is 454. The van der Waals surface area contributed by atoms with Gasteiger partial charge in [-0.05, 0) is 49.9 Å². The maximum atomic E-state index is 13.1. The highest BCUT2D eigenvalue weighted by molar-refractivity contribution is 9.10. The van der Waals surface area contributed by atoms with Gasteiger partial charge in [0.2, 0.25) is 0 Å². The van der Waals surface area contributed by atoms with Gasteiger partial charge in [0.1, 0.15) is 0 Å². The third-order valence-corrected chi connectivity index (χ3v) is 4.29. The van der Waals surface area contributed by atoms with Gasteiger partial charge in [-0.15, -0.1) is 0 Å². The molecule has 0 radical (unpaired) electrons. The number of hydrogen-bond donors (Lipinski definition) is 1. The van der Waals surface area contributed by atoms with E-state index in [9.17, 15) is 13.2 Å². The monoisotopic (exact) mass is 350 g/mol. The van der Waals surface area contributed by atoms with Crippen molar-refractivity contribution in [1.82, 2.24) is 0 Å². The molecule has 0 bridgehead atoms. The van der Waals surface area contributed by atoms with E-state index in [1.807, 2.05) is 4.90 Å². The fraction of sp³-hybridized carbons (Fsp3) is 0.571. The number of rotatable bonds is 3. The molecule has 2 rings (SSSR count). The molecule has 0 atom stereocenters. The van der Waals surface area contributed by atoms with Crippen LogP contribution in [0.1, 0.15) is 24.8 Å². The van der Waals surface area contributed by atoms with Crippen LogP contribution in [0.5, 0.6) is 0 Å². The van der Waals surface area contributed by atoms with Crippen LogP contribution in [0.4, 0.5) is 18.9 Å². The van der Waals surface area contributed by atoms with Gasteiger partial charge < -0.3 is 10.6 Å². The third kappa shape index (κ3) is 3.67. The number of anilines is 1. The van der Waals surface area contributed by atoms with Crippen molar-refractivity contribution in [2.75, 3.05) is 24.5 Å². The summed E-state index contributed by atoms with van der Waals surface area (Å²) in [6, 6.07) is 4.14. The van der Waals surface area contributed by atoms with E-state index in [0.29, 0.717) is 30.0 Å². The lowest BCUT2D eigenvalue weighted by Crippen LogP contribution is -2.35. The van der Waals surface area contributed by atoms with Crippen LogP contribution in [-0.2, 0) is 6.18 Å². The average molecular weight is 351 g/mol. The van der Waals surface area contributed by atoms with Crippen molar-refractivity contribution >= 4 is 21.6 Å². The predicted molar refractivity (Wildman–Crippen MR) is 77.8 cm³/mol. The molecule has 0 unspecified atom stereocenters. The zero-order valence-electron chi connectivity index (χ0n) is 11.1. The molecule has 1 aromatic carbocycles. The molecule has 0 saturated carbocycles. The Morgan fingerprint density at radius 1 is 1.25 bits per heavy atom. The molecule has 1 aromatic rings. The third-order valence-electron chi connectivity index (χ3n) is 3.80. The minimum absolute atomic E-state index is 0.276. The van der Waals surface area contributed by atoms with Crippen LogP contribution in [0.2, 0.25) is 0 Å². The summed E-state index contributed by atoms with van der Waals surface area (Å²) in [5, 5.41) is 0. The second-order valence-corrected chi connectivity index (χ2v) is 6.08. The Labute approximate surface area is 125 Å². The molecule has 2 nitrogen and oxygen atoms in total. The summed E-state index contributed by atoms with van der Waals surface area (Å²) in [5.74, 6) is 0.540. The van der Waals surface area contributed by atoms with Crippen LogP contribution in [0.3, 0.4) is 0 Å². The molecular weight excluding hydrogens is 333 g/mol. The SMILES string of the molecule is NCCC1CCN(c2cc(Br)ccc2C(F)(F)F)CC1. The highest BCUT2D eigenvalue weighted by atomic mass is 79.9. The molecule has 1 heterocycles. The van der Waals surface area contributed by atoms with Crippen LogP contribution >= 0.6 is 15.9 Å². The first-order valence-electron chi connectivity index (χ1n) is 6.73. The summed E-state index contributed by atoms with van der Waals surface area (Å²) in [4.78, 5) is 1.83. The Hall–Kier alpha value is -0.750. The second kappa shape index (κ2) is 6.35. The van der Waals surface area contributed by atoms with E-state index in [-0.39, 0.29) is 5.69 Å². The van der Waals surface area contributed by atoms with Crippen molar-refractivity contribution in [1.29, 1.82) is 0 Å². The largest absolute Gasteiger partial charge is 0.418 e. The molecule has 1 fully saturated rings. The molecule has 6 heteroatoms. The lowest BCUT2D eigenvalue weighted by atomic mass is 9.93. The minimum Gasteiger partial charge on any atom is -0.371 e. The summed E-state index contributed by atoms with van der Waals surface area (Å²) >= 11 is 3.26. The summed E-state index contributed by atoms with van der Waals surface area (Å²) < 4.78 is 39.9. The minimum atomic E-state index is -4.32. The first-order chi connectivity index (χ1) is 9.41. The van der Waals surface area contributed by atoms with Crippen LogP contribution in [0, 0.1) is 5.92 Å². The van der Waals surface area contributed by atoms with Gasteiger partial charge in [-0.3, -0.25) is 0 Å². The fourth-order valence-electron chi connectivity index (χ4n) is 2.70. The highest BCUT2D eigenvalue weighted by Crippen LogP contribution is 2.39. The van der Waals surface area contributed by atoms with E-state index >= 15 is 0 Å². The molecule has 1 aliphatic rings. The summed E-state index contributed by atoms with van der Waals surface area (Å²) in [7, 11) is 0. The van der Waals surface area contributed by atoms with Crippen molar-refractivity contribution in [2.45, 2.75) is 25.4 Å². The van der Waals surface area contributed by atoms with E-state index in [1.165, 1.54) is 6.07 Å². The van der Waals surface area contributed by atoms with Crippen molar-refractivity contribution < 1.29 is 13.2 Å². The number of hydrogen-bond acceptors (Lipinski definition) is 2. The van der Waals surface area contributed by atoms with E-state index in [4.69, 9.17) is 5.73 Å². The Morgan fingerprint density at radius 2 is 1.90 bits per heavy atom. The Morgan fingerprint density at radius 3 is 2.45 bits per heavy atom. The molecule has 2 N–H and O–H groups in total. The number of piperidine rings is 1. The van der Waals surface area contributed by atoms with Gasteiger partial charge in [-0.25, -0.2) is 0 Å². The Kier molecular flexibility index (Phi) is 4.96. The van der Waals surface area contributed by atoms with E-state index in [2.05, 4.69) is 15.9 Å². The van der Waals surface area contributed by atoms with Gasteiger partial charge in [-0.1, -0.05) is 15.9 Å².